The first-order chi connectivity index (χ1) is 16.9. The van der Waals surface area contributed by atoms with E-state index >= 15 is 0 Å². The summed E-state index contributed by atoms with van der Waals surface area (Å²) in [6.07, 6.45) is 1.42. The molecule has 196 valence electrons. The Hall–Kier alpha value is -2.36. The molecule has 2 amide bonds. The van der Waals surface area contributed by atoms with Crippen LogP contribution in [0.2, 0.25) is 5.02 Å². The average molecular weight is 536 g/mol. The zero-order valence-corrected chi connectivity index (χ0v) is 22.6. The van der Waals surface area contributed by atoms with Gasteiger partial charge in [-0.15, -0.1) is 0 Å². The minimum absolute atomic E-state index is 0.0320. The van der Waals surface area contributed by atoms with E-state index < -0.39 is 15.6 Å². The van der Waals surface area contributed by atoms with Crippen LogP contribution in [-0.2, 0) is 19.6 Å². The van der Waals surface area contributed by atoms with Gasteiger partial charge in [-0.2, -0.15) is 4.31 Å². The third-order valence-corrected chi connectivity index (χ3v) is 8.83. The minimum atomic E-state index is -3.74. The topological polar surface area (TPSA) is 87.2 Å². The number of ether oxygens (including phenoxy) is 1. The lowest BCUT2D eigenvalue weighted by atomic mass is 9.96. The molecule has 0 N–H and O–H groups in total. The second-order valence-corrected chi connectivity index (χ2v) is 12.9. The van der Waals surface area contributed by atoms with Gasteiger partial charge in [0.2, 0.25) is 15.9 Å². The van der Waals surface area contributed by atoms with Crippen molar-refractivity contribution < 1.29 is 22.7 Å². The lowest BCUT2D eigenvalue weighted by Gasteiger charge is -2.35. The molecule has 2 aromatic rings. The quantitative estimate of drug-likeness (QED) is 0.580. The fourth-order valence-electron chi connectivity index (χ4n) is 4.72. The van der Waals surface area contributed by atoms with Gasteiger partial charge in [0.1, 0.15) is 5.60 Å². The Morgan fingerprint density at radius 3 is 2.36 bits per heavy atom. The summed E-state index contributed by atoms with van der Waals surface area (Å²) in [5.41, 5.74) is -0.529. The first-order valence-corrected chi connectivity index (χ1v) is 14.2. The number of piperidine rings is 1. The highest BCUT2D eigenvalue weighted by atomic mass is 35.5. The second-order valence-electron chi connectivity index (χ2n) is 10.6. The summed E-state index contributed by atoms with van der Waals surface area (Å²) in [5, 5.41) is 2.27. The fraction of sp³-hybridized carbons (Fsp3) is 0.538. The number of rotatable bonds is 4. The zero-order valence-electron chi connectivity index (χ0n) is 21.1. The van der Waals surface area contributed by atoms with Crippen molar-refractivity contribution in [1.82, 2.24) is 14.1 Å². The maximum absolute atomic E-state index is 13.4. The van der Waals surface area contributed by atoms with E-state index in [1.165, 1.54) is 4.31 Å². The van der Waals surface area contributed by atoms with Crippen LogP contribution < -0.4 is 0 Å². The highest BCUT2D eigenvalue weighted by Gasteiger charge is 2.32. The van der Waals surface area contributed by atoms with E-state index in [1.54, 1.807) is 46.2 Å². The molecule has 2 aromatic carbocycles. The molecule has 2 saturated heterocycles. The molecule has 0 atom stereocenters. The van der Waals surface area contributed by atoms with E-state index in [4.69, 9.17) is 16.3 Å². The van der Waals surface area contributed by atoms with Gasteiger partial charge in [0.25, 0.3) is 0 Å². The Morgan fingerprint density at radius 2 is 1.67 bits per heavy atom. The molecular weight excluding hydrogens is 502 g/mol. The van der Waals surface area contributed by atoms with Crippen molar-refractivity contribution in [3.63, 3.8) is 0 Å². The summed E-state index contributed by atoms with van der Waals surface area (Å²) < 4.78 is 33.6. The van der Waals surface area contributed by atoms with Gasteiger partial charge in [-0.3, -0.25) is 4.79 Å². The smallest absolute Gasteiger partial charge is 0.410 e. The fourth-order valence-corrected chi connectivity index (χ4v) is 6.37. The van der Waals surface area contributed by atoms with Gasteiger partial charge in [-0.05, 0) is 74.6 Å². The third-order valence-electron chi connectivity index (χ3n) is 6.70. The normalized spacial score (nSPS) is 18.9. The second kappa shape index (κ2) is 10.6. The van der Waals surface area contributed by atoms with Crippen LogP contribution in [0.1, 0.15) is 40.0 Å². The number of hydrogen-bond acceptors (Lipinski definition) is 5. The number of carbonyl (C=O) groups excluding carboxylic acids is 2. The Bertz CT molecular complexity index is 1240. The number of nitrogens with zero attached hydrogens (tertiary/aromatic N) is 3. The molecule has 0 bridgehead atoms. The maximum Gasteiger partial charge on any atom is 0.410 e. The predicted octanol–water partition coefficient (Wildman–Crippen LogP) is 4.36. The standard InChI is InChI=1S/C26H34ClN3O5S/c1-26(2,3)35-25(32)28-11-8-19(9-12-28)18-29-14-15-30(13-10-24(29)31)36(33,34)23-7-5-20-16-22(27)6-4-21(20)17-23/h4-7,16-17,19H,8-15,18H2,1-3H3. The molecule has 2 aliphatic rings. The largest absolute Gasteiger partial charge is 0.444 e. The van der Waals surface area contributed by atoms with Crippen LogP contribution in [0.25, 0.3) is 10.8 Å². The van der Waals surface area contributed by atoms with Crippen LogP contribution in [0.5, 0.6) is 0 Å². The number of fused-ring (bicyclic) bond motifs is 1. The Kier molecular flexibility index (Phi) is 7.83. The number of halogens is 1. The average Bonchev–Trinajstić information content (AvgIpc) is 3.00. The summed E-state index contributed by atoms with van der Waals surface area (Å²) >= 11 is 6.04. The molecule has 0 aliphatic carbocycles. The van der Waals surface area contributed by atoms with Crippen LogP contribution >= 0.6 is 11.6 Å². The molecule has 0 saturated carbocycles. The summed E-state index contributed by atoms with van der Waals surface area (Å²) in [6, 6.07) is 10.3. The van der Waals surface area contributed by atoms with Crippen molar-refractivity contribution in [3.8, 4) is 0 Å². The van der Waals surface area contributed by atoms with Gasteiger partial charge in [0.05, 0.1) is 4.90 Å². The molecule has 2 aliphatic heterocycles. The van der Waals surface area contributed by atoms with Crippen LogP contribution in [-0.4, -0.2) is 79.4 Å². The summed E-state index contributed by atoms with van der Waals surface area (Å²) in [6.45, 7) is 8.08. The molecule has 36 heavy (non-hydrogen) atoms. The number of benzene rings is 2. The minimum Gasteiger partial charge on any atom is -0.444 e. The number of carbonyl (C=O) groups is 2. The summed E-state index contributed by atoms with van der Waals surface area (Å²) in [5.74, 6) is 0.235. The van der Waals surface area contributed by atoms with Crippen LogP contribution in [0.15, 0.2) is 41.3 Å². The van der Waals surface area contributed by atoms with E-state index in [1.807, 2.05) is 20.8 Å². The van der Waals surface area contributed by atoms with E-state index in [2.05, 4.69) is 0 Å². The Balaban J connectivity index is 1.36. The molecule has 0 spiro atoms. The molecule has 0 unspecified atom stereocenters. The van der Waals surface area contributed by atoms with Crippen LogP contribution in [0.4, 0.5) is 4.79 Å². The van der Waals surface area contributed by atoms with Crippen molar-refractivity contribution in [1.29, 1.82) is 0 Å². The van der Waals surface area contributed by atoms with E-state index in [-0.39, 0.29) is 42.3 Å². The first-order valence-electron chi connectivity index (χ1n) is 12.4. The number of hydrogen-bond donors (Lipinski definition) is 0. The van der Waals surface area contributed by atoms with E-state index in [9.17, 15) is 18.0 Å². The number of amides is 2. The van der Waals surface area contributed by atoms with Crippen molar-refractivity contribution in [3.05, 3.63) is 41.4 Å². The molecular formula is C26H34ClN3O5S. The van der Waals surface area contributed by atoms with E-state index in [0.29, 0.717) is 31.2 Å². The van der Waals surface area contributed by atoms with Gasteiger partial charge in [0.15, 0.2) is 0 Å². The third kappa shape index (κ3) is 6.30. The van der Waals surface area contributed by atoms with Crippen LogP contribution in [0.3, 0.4) is 0 Å². The molecule has 10 heteroatoms. The van der Waals surface area contributed by atoms with Gasteiger partial charge < -0.3 is 14.5 Å². The van der Waals surface area contributed by atoms with Crippen LogP contribution in [0, 0.1) is 5.92 Å². The molecule has 0 radical (unpaired) electrons. The molecule has 2 fully saturated rings. The van der Waals surface area contributed by atoms with Gasteiger partial charge in [-0.25, -0.2) is 13.2 Å². The van der Waals surface area contributed by atoms with Gasteiger partial charge >= 0.3 is 6.09 Å². The Labute approximate surface area is 218 Å². The lowest BCUT2D eigenvalue weighted by molar-refractivity contribution is -0.131. The van der Waals surface area contributed by atoms with Crippen molar-refractivity contribution >= 4 is 44.4 Å². The first kappa shape index (κ1) is 26.7. The lowest BCUT2D eigenvalue weighted by Crippen LogP contribution is -2.45. The van der Waals surface area contributed by atoms with Crippen molar-refractivity contribution in [2.45, 2.75) is 50.5 Å². The highest BCUT2D eigenvalue weighted by molar-refractivity contribution is 7.89. The summed E-state index contributed by atoms with van der Waals surface area (Å²) in [4.78, 5) is 28.9. The van der Waals surface area contributed by atoms with E-state index in [0.717, 1.165) is 23.6 Å². The maximum atomic E-state index is 13.4. The Morgan fingerprint density at radius 1 is 1.00 bits per heavy atom. The SMILES string of the molecule is CC(C)(C)OC(=O)N1CCC(CN2CCN(S(=O)(=O)c3ccc4cc(Cl)ccc4c3)CCC2=O)CC1. The van der Waals surface area contributed by atoms with Gasteiger partial charge in [-0.1, -0.05) is 23.7 Å². The molecule has 2 heterocycles. The van der Waals surface area contributed by atoms with Crippen molar-refractivity contribution in [2.24, 2.45) is 5.92 Å². The predicted molar refractivity (Wildman–Crippen MR) is 139 cm³/mol. The molecule has 8 nitrogen and oxygen atoms in total. The monoisotopic (exact) mass is 535 g/mol. The number of sulfonamides is 1. The van der Waals surface area contributed by atoms with Crippen molar-refractivity contribution in [2.75, 3.05) is 39.3 Å². The van der Waals surface area contributed by atoms with Gasteiger partial charge in [0, 0.05) is 50.7 Å². The number of likely N-dealkylation sites (tertiary alicyclic amines) is 1. The zero-order chi connectivity index (χ0) is 26.1. The summed E-state index contributed by atoms with van der Waals surface area (Å²) in [7, 11) is -3.74. The molecule has 4 rings (SSSR count). The highest BCUT2D eigenvalue weighted by Crippen LogP contribution is 2.26. The molecule has 0 aromatic heterocycles.